The van der Waals surface area contributed by atoms with Crippen molar-refractivity contribution in [1.82, 2.24) is 10.2 Å². The number of aliphatic hydroxyl groups is 1. The molecule has 2 amide bonds. The maximum Gasteiger partial charge on any atom is 0.245 e. The van der Waals surface area contributed by atoms with E-state index in [2.05, 4.69) is 5.32 Å². The maximum absolute atomic E-state index is 12.5. The molecule has 0 aromatic rings. The van der Waals surface area contributed by atoms with E-state index >= 15 is 0 Å². The number of amides is 2. The number of nitrogens with zero attached hydrogens (tertiary/aromatic N) is 1. The van der Waals surface area contributed by atoms with Crippen molar-refractivity contribution in [3.05, 3.63) is 0 Å². The number of likely N-dealkylation sites (tertiary alicyclic amines) is 1. The van der Waals surface area contributed by atoms with Crippen molar-refractivity contribution in [1.29, 1.82) is 0 Å². The van der Waals surface area contributed by atoms with Gasteiger partial charge in [0.1, 0.15) is 6.04 Å². The molecule has 1 saturated heterocycles. The molecule has 0 aromatic carbocycles. The minimum atomic E-state index is -0.460. The van der Waals surface area contributed by atoms with Crippen molar-refractivity contribution in [3.63, 3.8) is 0 Å². The molecule has 0 bridgehead atoms. The van der Waals surface area contributed by atoms with Crippen molar-refractivity contribution in [2.45, 2.75) is 46.6 Å². The van der Waals surface area contributed by atoms with Gasteiger partial charge in [0.25, 0.3) is 0 Å². The topological polar surface area (TPSA) is 69.6 Å². The van der Waals surface area contributed by atoms with Crippen LogP contribution in [-0.2, 0) is 9.59 Å². The van der Waals surface area contributed by atoms with E-state index in [1.165, 1.54) is 0 Å². The smallest absolute Gasteiger partial charge is 0.245 e. The molecule has 0 aliphatic carbocycles. The number of hydrogen-bond acceptors (Lipinski definition) is 3. The fourth-order valence-corrected chi connectivity index (χ4v) is 2.50. The van der Waals surface area contributed by atoms with E-state index < -0.39 is 6.04 Å². The maximum atomic E-state index is 12.5. The summed E-state index contributed by atoms with van der Waals surface area (Å²) in [5.74, 6) is 0.436. The number of aliphatic hydroxyl groups excluding tert-OH is 1. The Hall–Kier alpha value is -1.10. The average molecular weight is 284 g/mol. The van der Waals surface area contributed by atoms with Crippen molar-refractivity contribution in [3.8, 4) is 0 Å². The lowest BCUT2D eigenvalue weighted by atomic mass is 10.0. The minimum Gasteiger partial charge on any atom is -0.396 e. The van der Waals surface area contributed by atoms with Crippen LogP contribution in [0.3, 0.4) is 0 Å². The first-order valence-corrected chi connectivity index (χ1v) is 7.54. The summed E-state index contributed by atoms with van der Waals surface area (Å²) in [7, 11) is 0. The largest absolute Gasteiger partial charge is 0.396 e. The molecule has 0 aromatic heterocycles. The lowest BCUT2D eigenvalue weighted by Gasteiger charge is -2.27. The SMILES string of the molecule is CC(C)CC(=O)NC(C(=O)N1CCC(CO)C1)C(C)C. The molecule has 5 nitrogen and oxygen atoms in total. The molecule has 1 fully saturated rings. The van der Waals surface area contributed by atoms with Gasteiger partial charge in [0.2, 0.25) is 11.8 Å². The van der Waals surface area contributed by atoms with Crippen LogP contribution in [0.25, 0.3) is 0 Å². The molecule has 2 unspecified atom stereocenters. The first-order valence-electron chi connectivity index (χ1n) is 7.54. The van der Waals surface area contributed by atoms with E-state index in [-0.39, 0.29) is 36.2 Å². The zero-order chi connectivity index (χ0) is 15.3. The zero-order valence-corrected chi connectivity index (χ0v) is 13.1. The standard InChI is InChI=1S/C15H28N2O3/c1-10(2)7-13(19)16-14(11(3)4)15(20)17-6-5-12(8-17)9-18/h10-12,14,18H,5-9H2,1-4H3,(H,16,19). The molecule has 1 rings (SSSR count). The van der Waals surface area contributed by atoms with Crippen molar-refractivity contribution in [2.75, 3.05) is 19.7 Å². The molecule has 5 heteroatoms. The second-order valence-corrected chi connectivity index (χ2v) is 6.51. The summed E-state index contributed by atoms with van der Waals surface area (Å²) < 4.78 is 0. The van der Waals surface area contributed by atoms with Gasteiger partial charge < -0.3 is 15.3 Å². The third-order valence-electron chi connectivity index (χ3n) is 3.70. The van der Waals surface area contributed by atoms with E-state index in [1.54, 1.807) is 4.90 Å². The average Bonchev–Trinajstić information content (AvgIpc) is 2.82. The number of nitrogens with one attached hydrogen (secondary N) is 1. The molecule has 1 aliphatic rings. The number of carbonyl (C=O) groups is 2. The Labute approximate surface area is 121 Å². The van der Waals surface area contributed by atoms with Gasteiger partial charge in [0.15, 0.2) is 0 Å². The molecule has 2 atom stereocenters. The van der Waals surface area contributed by atoms with Crippen LogP contribution in [0.5, 0.6) is 0 Å². The van der Waals surface area contributed by atoms with Gasteiger partial charge >= 0.3 is 0 Å². The lowest BCUT2D eigenvalue weighted by molar-refractivity contribution is -0.137. The van der Waals surface area contributed by atoms with Crippen molar-refractivity contribution < 1.29 is 14.7 Å². The highest BCUT2D eigenvalue weighted by Gasteiger charge is 2.32. The first kappa shape index (κ1) is 17.0. The Kier molecular flexibility index (Phi) is 6.46. The summed E-state index contributed by atoms with van der Waals surface area (Å²) in [6, 6.07) is -0.460. The molecular weight excluding hydrogens is 256 g/mol. The van der Waals surface area contributed by atoms with Gasteiger partial charge in [-0.15, -0.1) is 0 Å². The highest BCUT2D eigenvalue weighted by atomic mass is 16.3. The quantitative estimate of drug-likeness (QED) is 0.765. The van der Waals surface area contributed by atoms with Crippen LogP contribution >= 0.6 is 0 Å². The Morgan fingerprint density at radius 2 is 1.95 bits per heavy atom. The molecular formula is C15H28N2O3. The van der Waals surface area contributed by atoms with Crippen molar-refractivity contribution in [2.24, 2.45) is 17.8 Å². The summed E-state index contributed by atoms with van der Waals surface area (Å²) in [5.41, 5.74) is 0. The summed E-state index contributed by atoms with van der Waals surface area (Å²) in [6.07, 6.45) is 1.28. The molecule has 20 heavy (non-hydrogen) atoms. The normalized spacial score (nSPS) is 20.6. The number of carbonyl (C=O) groups excluding carboxylic acids is 2. The summed E-state index contributed by atoms with van der Waals surface area (Å²) in [6.45, 7) is 9.24. The van der Waals surface area contributed by atoms with Crippen LogP contribution in [0.1, 0.15) is 40.5 Å². The highest BCUT2D eigenvalue weighted by Crippen LogP contribution is 2.18. The molecule has 0 radical (unpaired) electrons. The highest BCUT2D eigenvalue weighted by molar-refractivity contribution is 5.88. The Bertz CT molecular complexity index is 342. The summed E-state index contributed by atoms with van der Waals surface area (Å²) in [4.78, 5) is 26.2. The third-order valence-corrected chi connectivity index (χ3v) is 3.70. The van der Waals surface area contributed by atoms with Crippen LogP contribution in [0.4, 0.5) is 0 Å². The molecule has 1 heterocycles. The van der Waals surface area contributed by atoms with Gasteiger partial charge in [-0.2, -0.15) is 0 Å². The molecule has 116 valence electrons. The van der Waals surface area contributed by atoms with Crippen LogP contribution in [0.15, 0.2) is 0 Å². The van der Waals surface area contributed by atoms with E-state index in [9.17, 15) is 9.59 Å². The fourth-order valence-electron chi connectivity index (χ4n) is 2.50. The van der Waals surface area contributed by atoms with E-state index in [4.69, 9.17) is 5.11 Å². The van der Waals surface area contributed by atoms with E-state index in [0.717, 1.165) is 6.42 Å². The van der Waals surface area contributed by atoms with E-state index in [1.807, 2.05) is 27.7 Å². The second-order valence-electron chi connectivity index (χ2n) is 6.51. The molecule has 1 aliphatic heterocycles. The van der Waals surface area contributed by atoms with Crippen molar-refractivity contribution >= 4 is 11.8 Å². The van der Waals surface area contributed by atoms with Crippen LogP contribution in [-0.4, -0.2) is 47.6 Å². The predicted molar refractivity (Wildman–Crippen MR) is 78.0 cm³/mol. The van der Waals surface area contributed by atoms with Crippen LogP contribution in [0.2, 0.25) is 0 Å². The Morgan fingerprint density at radius 1 is 1.30 bits per heavy atom. The Balaban J connectivity index is 2.62. The second kappa shape index (κ2) is 7.62. The fraction of sp³-hybridized carbons (Fsp3) is 0.867. The monoisotopic (exact) mass is 284 g/mol. The summed E-state index contributed by atoms with van der Waals surface area (Å²) in [5, 5.41) is 12.0. The Morgan fingerprint density at radius 3 is 2.40 bits per heavy atom. The molecule has 0 spiro atoms. The number of rotatable bonds is 6. The van der Waals surface area contributed by atoms with Gasteiger partial charge in [-0.25, -0.2) is 0 Å². The van der Waals surface area contributed by atoms with E-state index in [0.29, 0.717) is 19.5 Å². The zero-order valence-electron chi connectivity index (χ0n) is 13.1. The third kappa shape index (κ3) is 4.78. The molecule has 0 saturated carbocycles. The molecule has 2 N–H and O–H groups in total. The van der Waals surface area contributed by atoms with Crippen LogP contribution < -0.4 is 5.32 Å². The lowest BCUT2D eigenvalue weighted by Crippen LogP contribution is -2.50. The summed E-state index contributed by atoms with van der Waals surface area (Å²) >= 11 is 0. The van der Waals surface area contributed by atoms with Gasteiger partial charge in [0, 0.05) is 32.0 Å². The number of hydrogen-bond donors (Lipinski definition) is 2. The van der Waals surface area contributed by atoms with Gasteiger partial charge in [-0.3, -0.25) is 9.59 Å². The van der Waals surface area contributed by atoms with Crippen LogP contribution in [0, 0.1) is 17.8 Å². The van der Waals surface area contributed by atoms with Gasteiger partial charge in [0.05, 0.1) is 0 Å². The predicted octanol–water partition coefficient (Wildman–Crippen LogP) is 1.01. The van der Waals surface area contributed by atoms with Gasteiger partial charge in [-0.1, -0.05) is 27.7 Å². The minimum absolute atomic E-state index is 0.0203. The van der Waals surface area contributed by atoms with Gasteiger partial charge in [-0.05, 0) is 18.3 Å². The first-order chi connectivity index (χ1) is 9.35.